The summed E-state index contributed by atoms with van der Waals surface area (Å²) in [6.07, 6.45) is -0.0389. The Bertz CT molecular complexity index is 442. The fourth-order valence-electron chi connectivity index (χ4n) is 2.03. The molecule has 2 atom stereocenters. The van der Waals surface area contributed by atoms with Crippen molar-refractivity contribution in [3.63, 3.8) is 0 Å². The van der Waals surface area contributed by atoms with Crippen molar-refractivity contribution in [2.24, 2.45) is 0 Å². The van der Waals surface area contributed by atoms with Crippen molar-refractivity contribution in [1.82, 2.24) is 5.32 Å². The molecule has 1 saturated heterocycles. The first-order chi connectivity index (χ1) is 9.12. The van der Waals surface area contributed by atoms with E-state index < -0.39 is 6.10 Å². The summed E-state index contributed by atoms with van der Waals surface area (Å²) < 4.78 is 10.3. The molecule has 104 valence electrons. The third-order valence-electron chi connectivity index (χ3n) is 3.04. The lowest BCUT2D eigenvalue weighted by Crippen LogP contribution is -2.35. The van der Waals surface area contributed by atoms with Crippen LogP contribution in [0.15, 0.2) is 18.2 Å². The molecular formula is C13H18N2O4. The van der Waals surface area contributed by atoms with Crippen LogP contribution in [-0.2, 0) is 4.79 Å². The Morgan fingerprint density at radius 1 is 1.32 bits per heavy atom. The SMILES string of the molecule is COc1cc(NC(=O)C2CC(O)CN2)cc(OC)c1. The summed E-state index contributed by atoms with van der Waals surface area (Å²) in [5, 5.41) is 15.1. The molecule has 0 saturated carbocycles. The number of hydrogen-bond acceptors (Lipinski definition) is 5. The summed E-state index contributed by atoms with van der Waals surface area (Å²) in [4.78, 5) is 12.0. The molecule has 1 amide bonds. The molecule has 1 aliphatic heterocycles. The van der Waals surface area contributed by atoms with Crippen LogP contribution < -0.4 is 20.1 Å². The van der Waals surface area contributed by atoms with E-state index in [-0.39, 0.29) is 11.9 Å². The van der Waals surface area contributed by atoms with Crippen LogP contribution in [0, 0.1) is 0 Å². The van der Waals surface area contributed by atoms with Crippen molar-refractivity contribution in [1.29, 1.82) is 0 Å². The lowest BCUT2D eigenvalue weighted by molar-refractivity contribution is -0.117. The molecular weight excluding hydrogens is 248 g/mol. The van der Waals surface area contributed by atoms with Gasteiger partial charge in [-0.3, -0.25) is 4.79 Å². The largest absolute Gasteiger partial charge is 0.497 e. The zero-order chi connectivity index (χ0) is 13.8. The Balaban J connectivity index is 2.07. The maximum atomic E-state index is 12.0. The predicted molar refractivity (Wildman–Crippen MR) is 70.6 cm³/mol. The Hall–Kier alpha value is -1.79. The number of amides is 1. The standard InChI is InChI=1S/C13H18N2O4/c1-18-10-3-8(4-11(6-10)19-2)15-13(17)12-5-9(16)7-14-12/h3-4,6,9,12,14,16H,5,7H2,1-2H3,(H,15,17). The summed E-state index contributed by atoms with van der Waals surface area (Å²) in [5.41, 5.74) is 0.601. The number of rotatable bonds is 4. The van der Waals surface area contributed by atoms with Crippen molar-refractivity contribution in [2.75, 3.05) is 26.1 Å². The first-order valence-corrected chi connectivity index (χ1v) is 6.07. The number of ether oxygens (including phenoxy) is 2. The van der Waals surface area contributed by atoms with Gasteiger partial charge in [-0.15, -0.1) is 0 Å². The van der Waals surface area contributed by atoms with E-state index in [1.165, 1.54) is 0 Å². The van der Waals surface area contributed by atoms with Gasteiger partial charge in [-0.1, -0.05) is 0 Å². The monoisotopic (exact) mass is 266 g/mol. The van der Waals surface area contributed by atoms with Gasteiger partial charge in [0.15, 0.2) is 0 Å². The van der Waals surface area contributed by atoms with Gasteiger partial charge in [0.2, 0.25) is 5.91 Å². The van der Waals surface area contributed by atoms with Crippen molar-refractivity contribution < 1.29 is 19.4 Å². The average Bonchev–Trinajstić information content (AvgIpc) is 2.85. The lowest BCUT2D eigenvalue weighted by Gasteiger charge is -2.13. The number of benzene rings is 1. The highest BCUT2D eigenvalue weighted by Gasteiger charge is 2.28. The molecule has 0 aromatic heterocycles. The topological polar surface area (TPSA) is 79.8 Å². The van der Waals surface area contributed by atoms with Gasteiger partial charge in [-0.2, -0.15) is 0 Å². The molecule has 1 aromatic rings. The molecule has 2 rings (SSSR count). The highest BCUT2D eigenvalue weighted by atomic mass is 16.5. The summed E-state index contributed by atoms with van der Waals surface area (Å²) >= 11 is 0. The first kappa shape index (κ1) is 13.6. The number of aliphatic hydroxyl groups is 1. The predicted octanol–water partition coefficient (Wildman–Crippen LogP) is 0.365. The van der Waals surface area contributed by atoms with Crippen molar-refractivity contribution >= 4 is 11.6 Å². The maximum Gasteiger partial charge on any atom is 0.241 e. The maximum absolute atomic E-state index is 12.0. The molecule has 0 bridgehead atoms. The third kappa shape index (κ3) is 3.36. The number of carbonyl (C=O) groups is 1. The third-order valence-corrected chi connectivity index (χ3v) is 3.04. The van der Waals surface area contributed by atoms with Crippen LogP contribution >= 0.6 is 0 Å². The Morgan fingerprint density at radius 3 is 2.42 bits per heavy atom. The molecule has 0 radical (unpaired) electrons. The van der Waals surface area contributed by atoms with Gasteiger partial charge < -0.3 is 25.2 Å². The fourth-order valence-corrected chi connectivity index (χ4v) is 2.03. The minimum absolute atomic E-state index is 0.174. The quantitative estimate of drug-likeness (QED) is 0.733. The Labute approximate surface area is 111 Å². The second kappa shape index (κ2) is 5.90. The highest BCUT2D eigenvalue weighted by molar-refractivity contribution is 5.95. The van der Waals surface area contributed by atoms with Crippen LogP contribution in [0.1, 0.15) is 6.42 Å². The summed E-state index contributed by atoms with van der Waals surface area (Å²) in [5.74, 6) is 1.04. The van der Waals surface area contributed by atoms with Crippen LogP contribution in [0.25, 0.3) is 0 Å². The van der Waals surface area contributed by atoms with E-state index in [2.05, 4.69) is 10.6 Å². The molecule has 19 heavy (non-hydrogen) atoms. The van der Waals surface area contributed by atoms with Gasteiger partial charge >= 0.3 is 0 Å². The van der Waals surface area contributed by atoms with Crippen molar-refractivity contribution in [3.05, 3.63) is 18.2 Å². The number of β-amino-alcohol motifs (C(OH)–C–C–N with tert-alkyl or cyclic N) is 1. The number of carbonyl (C=O) groups excluding carboxylic acids is 1. The van der Waals surface area contributed by atoms with Gasteiger partial charge in [-0.05, 0) is 6.42 Å². The number of anilines is 1. The fraction of sp³-hybridized carbons (Fsp3) is 0.462. The normalized spacial score (nSPS) is 22.1. The second-order valence-electron chi connectivity index (χ2n) is 4.44. The van der Waals surface area contributed by atoms with Crippen molar-refractivity contribution in [2.45, 2.75) is 18.6 Å². The highest BCUT2D eigenvalue weighted by Crippen LogP contribution is 2.26. The summed E-state index contributed by atoms with van der Waals surface area (Å²) in [6, 6.07) is 4.79. The number of hydrogen-bond donors (Lipinski definition) is 3. The van der Waals surface area contributed by atoms with E-state index in [0.29, 0.717) is 30.2 Å². The molecule has 1 heterocycles. The van der Waals surface area contributed by atoms with Gasteiger partial charge in [0.25, 0.3) is 0 Å². The van der Waals surface area contributed by atoms with Crippen LogP contribution in [0.3, 0.4) is 0 Å². The number of methoxy groups -OCH3 is 2. The molecule has 1 aromatic carbocycles. The molecule has 6 heteroatoms. The van der Waals surface area contributed by atoms with Crippen molar-refractivity contribution in [3.8, 4) is 11.5 Å². The molecule has 1 fully saturated rings. The van der Waals surface area contributed by atoms with Gasteiger partial charge in [0.1, 0.15) is 11.5 Å². The summed E-state index contributed by atoms with van der Waals surface area (Å²) in [6.45, 7) is 0.444. The number of aliphatic hydroxyl groups excluding tert-OH is 1. The Morgan fingerprint density at radius 2 is 1.95 bits per heavy atom. The lowest BCUT2D eigenvalue weighted by atomic mass is 10.2. The first-order valence-electron chi connectivity index (χ1n) is 6.07. The van der Waals surface area contributed by atoms with Crippen LogP contribution in [0.4, 0.5) is 5.69 Å². The molecule has 2 unspecified atom stereocenters. The van der Waals surface area contributed by atoms with Crippen LogP contribution in [0.2, 0.25) is 0 Å². The van der Waals surface area contributed by atoms with E-state index in [4.69, 9.17) is 9.47 Å². The minimum atomic E-state index is -0.462. The zero-order valence-corrected chi connectivity index (χ0v) is 11.0. The van der Waals surface area contributed by atoms with Crippen LogP contribution in [0.5, 0.6) is 11.5 Å². The van der Waals surface area contributed by atoms with Crippen LogP contribution in [-0.4, -0.2) is 43.9 Å². The second-order valence-corrected chi connectivity index (χ2v) is 4.44. The molecule has 1 aliphatic rings. The zero-order valence-electron chi connectivity index (χ0n) is 11.0. The minimum Gasteiger partial charge on any atom is -0.497 e. The van der Waals surface area contributed by atoms with Gasteiger partial charge in [-0.25, -0.2) is 0 Å². The van der Waals surface area contributed by atoms with E-state index in [1.54, 1.807) is 32.4 Å². The molecule has 3 N–H and O–H groups in total. The average molecular weight is 266 g/mol. The van der Waals surface area contributed by atoms with E-state index in [9.17, 15) is 9.90 Å². The van der Waals surface area contributed by atoms with Gasteiger partial charge in [0.05, 0.1) is 26.4 Å². The van der Waals surface area contributed by atoms with Gasteiger partial charge in [0, 0.05) is 30.4 Å². The molecule has 0 aliphatic carbocycles. The van der Waals surface area contributed by atoms with E-state index in [1.807, 2.05) is 0 Å². The van der Waals surface area contributed by atoms with E-state index >= 15 is 0 Å². The smallest absolute Gasteiger partial charge is 0.241 e. The van der Waals surface area contributed by atoms with E-state index in [0.717, 1.165) is 0 Å². The number of nitrogens with one attached hydrogen (secondary N) is 2. The molecule has 0 spiro atoms. The molecule has 6 nitrogen and oxygen atoms in total. The summed E-state index contributed by atoms with van der Waals surface area (Å²) in [7, 11) is 3.10. The Kier molecular flexibility index (Phi) is 4.24.